The summed E-state index contributed by atoms with van der Waals surface area (Å²) in [6, 6.07) is 0. The molecule has 1 aliphatic rings. The van der Waals surface area contributed by atoms with Crippen molar-refractivity contribution < 1.29 is 42.9 Å². The monoisotopic (exact) mass is 404 g/mol. The molecule has 5 atom stereocenters. The summed E-state index contributed by atoms with van der Waals surface area (Å²) < 4.78 is 26.9. The maximum atomic E-state index is 11.7. The number of ether oxygens (including phenoxy) is 5. The number of esters is 4. The molecule has 0 spiro atoms. The second-order valence-electron chi connectivity index (χ2n) is 6.40. The predicted octanol–water partition coefficient (Wildman–Crippen LogP) is -1.35. The molecule has 1 rings (SSSR count). The van der Waals surface area contributed by atoms with Crippen molar-refractivity contribution in [2.75, 3.05) is 19.7 Å². The fraction of sp³-hybridized carbons (Fsp3) is 0.765. The summed E-state index contributed by atoms with van der Waals surface area (Å²) >= 11 is 0. The van der Waals surface area contributed by atoms with Crippen molar-refractivity contribution in [2.45, 2.75) is 58.2 Å². The van der Waals surface area contributed by atoms with Crippen LogP contribution < -0.4 is 11.5 Å². The first-order valence-electron chi connectivity index (χ1n) is 8.81. The van der Waals surface area contributed by atoms with Crippen LogP contribution in [0.1, 0.15) is 27.7 Å². The molecule has 11 heteroatoms. The highest BCUT2D eigenvalue weighted by atomic mass is 16.7. The van der Waals surface area contributed by atoms with Gasteiger partial charge < -0.3 is 35.2 Å². The Labute approximate surface area is 162 Å². The zero-order valence-electron chi connectivity index (χ0n) is 16.4. The van der Waals surface area contributed by atoms with E-state index in [1.807, 2.05) is 0 Å². The molecule has 0 aromatic carbocycles. The largest absolute Gasteiger partial charge is 0.463 e. The first-order chi connectivity index (χ1) is 13.1. The van der Waals surface area contributed by atoms with Gasteiger partial charge in [0.15, 0.2) is 18.3 Å². The highest BCUT2D eigenvalue weighted by Gasteiger charge is 2.53. The molecule has 0 bridgehead atoms. The SMILES string of the molecule is CC(=O)OC[C@H]1O[C@@H](C(CN)CN)[C@H](OC(C)=O)[C@@H](OC(C)=O)[C@H]1OC(C)=O. The lowest BCUT2D eigenvalue weighted by atomic mass is 9.87. The maximum absolute atomic E-state index is 11.7. The summed E-state index contributed by atoms with van der Waals surface area (Å²) in [4.78, 5) is 46.2. The van der Waals surface area contributed by atoms with Crippen LogP contribution in [-0.4, -0.2) is 74.1 Å². The fourth-order valence-electron chi connectivity index (χ4n) is 3.01. The highest BCUT2D eigenvalue weighted by Crippen LogP contribution is 2.32. The van der Waals surface area contributed by atoms with Crippen LogP contribution in [0.3, 0.4) is 0 Å². The van der Waals surface area contributed by atoms with Gasteiger partial charge >= 0.3 is 23.9 Å². The minimum Gasteiger partial charge on any atom is -0.463 e. The number of rotatable bonds is 8. The summed E-state index contributed by atoms with van der Waals surface area (Å²) in [5.74, 6) is -3.10. The third-order valence-corrected chi connectivity index (χ3v) is 4.10. The topological polar surface area (TPSA) is 166 Å². The zero-order valence-corrected chi connectivity index (χ0v) is 16.4. The first-order valence-corrected chi connectivity index (χ1v) is 8.81. The first kappa shape index (κ1) is 23.8. The van der Waals surface area contributed by atoms with Gasteiger partial charge in [0.2, 0.25) is 0 Å². The number of nitrogens with two attached hydrogens (primary N) is 2. The molecule has 0 unspecified atom stereocenters. The smallest absolute Gasteiger partial charge is 0.303 e. The van der Waals surface area contributed by atoms with Crippen molar-refractivity contribution in [2.24, 2.45) is 17.4 Å². The Morgan fingerprint density at radius 2 is 1.25 bits per heavy atom. The third kappa shape index (κ3) is 6.73. The Hall–Kier alpha value is -2.24. The van der Waals surface area contributed by atoms with E-state index in [0.717, 1.165) is 13.8 Å². The molecular weight excluding hydrogens is 376 g/mol. The molecule has 11 nitrogen and oxygen atoms in total. The minimum atomic E-state index is -1.20. The van der Waals surface area contributed by atoms with Gasteiger partial charge in [0, 0.05) is 33.6 Å². The van der Waals surface area contributed by atoms with E-state index in [1.54, 1.807) is 0 Å². The van der Waals surface area contributed by atoms with Crippen molar-refractivity contribution >= 4 is 23.9 Å². The second-order valence-corrected chi connectivity index (χ2v) is 6.40. The average molecular weight is 404 g/mol. The summed E-state index contributed by atoms with van der Waals surface area (Å²) in [6.07, 6.45) is -5.38. The second kappa shape index (κ2) is 10.9. The average Bonchev–Trinajstić information content (AvgIpc) is 2.57. The Morgan fingerprint density at radius 3 is 1.68 bits per heavy atom. The fourth-order valence-corrected chi connectivity index (χ4v) is 3.01. The zero-order chi connectivity index (χ0) is 21.4. The number of hydrogen-bond donors (Lipinski definition) is 2. The molecular formula is C17H28N2O9. The molecule has 4 N–H and O–H groups in total. The highest BCUT2D eigenvalue weighted by molar-refractivity contribution is 5.68. The molecule has 1 fully saturated rings. The van der Waals surface area contributed by atoms with Gasteiger partial charge in [-0.1, -0.05) is 0 Å². The number of hydrogen-bond acceptors (Lipinski definition) is 11. The van der Waals surface area contributed by atoms with Crippen LogP contribution in [0.4, 0.5) is 0 Å². The van der Waals surface area contributed by atoms with Gasteiger partial charge in [-0.15, -0.1) is 0 Å². The van der Waals surface area contributed by atoms with Crippen LogP contribution in [0, 0.1) is 5.92 Å². The molecule has 1 heterocycles. The van der Waals surface area contributed by atoms with E-state index >= 15 is 0 Å². The normalized spacial score (nSPS) is 27.0. The molecule has 0 radical (unpaired) electrons. The van der Waals surface area contributed by atoms with Crippen molar-refractivity contribution in [3.05, 3.63) is 0 Å². The molecule has 0 aromatic rings. The molecule has 160 valence electrons. The summed E-state index contributed by atoms with van der Waals surface area (Å²) in [6.45, 7) is 4.58. The van der Waals surface area contributed by atoms with Crippen LogP contribution in [0.5, 0.6) is 0 Å². The Balaban J connectivity index is 3.36. The summed E-state index contributed by atoms with van der Waals surface area (Å²) in [5.41, 5.74) is 11.5. The molecule has 1 aliphatic heterocycles. The van der Waals surface area contributed by atoms with E-state index in [-0.39, 0.29) is 19.7 Å². The third-order valence-electron chi connectivity index (χ3n) is 4.10. The van der Waals surface area contributed by atoms with E-state index in [1.165, 1.54) is 13.8 Å². The van der Waals surface area contributed by atoms with Crippen molar-refractivity contribution in [1.29, 1.82) is 0 Å². The van der Waals surface area contributed by atoms with E-state index in [0.29, 0.717) is 0 Å². The van der Waals surface area contributed by atoms with Crippen LogP contribution in [0.2, 0.25) is 0 Å². The maximum Gasteiger partial charge on any atom is 0.303 e. The summed E-state index contributed by atoms with van der Waals surface area (Å²) in [5, 5.41) is 0. The standard InChI is InChI=1S/C17H28N2O9/c1-8(20)24-7-13-15(25-9(2)21)17(27-11(4)23)16(26-10(3)22)14(28-13)12(5-18)6-19/h12-17H,5-7,18-19H2,1-4H3/t13-,14+,15+,16+,17+/m1/s1. The van der Waals surface area contributed by atoms with E-state index < -0.39 is 60.3 Å². The molecule has 1 saturated heterocycles. The molecule has 0 amide bonds. The van der Waals surface area contributed by atoms with E-state index in [2.05, 4.69) is 0 Å². The van der Waals surface area contributed by atoms with Crippen molar-refractivity contribution in [3.8, 4) is 0 Å². The van der Waals surface area contributed by atoms with Gasteiger partial charge in [-0.05, 0) is 13.1 Å². The van der Waals surface area contributed by atoms with Gasteiger partial charge in [0.1, 0.15) is 18.8 Å². The van der Waals surface area contributed by atoms with Gasteiger partial charge in [-0.2, -0.15) is 0 Å². The summed E-state index contributed by atoms with van der Waals surface area (Å²) in [7, 11) is 0. The lowest BCUT2D eigenvalue weighted by molar-refractivity contribution is -0.259. The number of carbonyl (C=O) groups excluding carboxylic acids is 4. The van der Waals surface area contributed by atoms with Gasteiger partial charge in [-0.3, -0.25) is 19.2 Å². The van der Waals surface area contributed by atoms with Crippen molar-refractivity contribution in [3.63, 3.8) is 0 Å². The molecule has 0 saturated carbocycles. The predicted molar refractivity (Wildman–Crippen MR) is 93.6 cm³/mol. The van der Waals surface area contributed by atoms with Crippen LogP contribution >= 0.6 is 0 Å². The van der Waals surface area contributed by atoms with Crippen LogP contribution in [0.15, 0.2) is 0 Å². The minimum absolute atomic E-state index is 0.0875. The lowest BCUT2D eigenvalue weighted by Gasteiger charge is -2.46. The molecule has 28 heavy (non-hydrogen) atoms. The Kier molecular flexibility index (Phi) is 9.29. The van der Waals surface area contributed by atoms with Crippen LogP contribution in [0.25, 0.3) is 0 Å². The van der Waals surface area contributed by atoms with Crippen molar-refractivity contribution in [1.82, 2.24) is 0 Å². The quantitative estimate of drug-likeness (QED) is 0.362. The van der Waals surface area contributed by atoms with E-state index in [9.17, 15) is 19.2 Å². The van der Waals surface area contributed by atoms with E-state index in [4.69, 9.17) is 35.2 Å². The van der Waals surface area contributed by atoms with Gasteiger partial charge in [0.25, 0.3) is 0 Å². The van der Waals surface area contributed by atoms with Gasteiger partial charge in [-0.25, -0.2) is 0 Å². The molecule has 0 aromatic heterocycles. The Morgan fingerprint density at radius 1 is 0.786 bits per heavy atom. The Bertz CT molecular complexity index is 579. The molecule has 0 aliphatic carbocycles. The number of carbonyl (C=O) groups is 4. The van der Waals surface area contributed by atoms with Gasteiger partial charge in [0.05, 0.1) is 0 Å². The van der Waals surface area contributed by atoms with Crippen LogP contribution in [-0.2, 0) is 42.9 Å². The lowest BCUT2D eigenvalue weighted by Crippen LogP contribution is -2.65.